The van der Waals surface area contributed by atoms with Gasteiger partial charge in [0.15, 0.2) is 10.7 Å². The Labute approximate surface area is 210 Å². The zero-order chi connectivity index (χ0) is 25.2. The molecule has 1 amide bonds. The molecule has 0 bridgehead atoms. The van der Waals surface area contributed by atoms with E-state index >= 15 is 0 Å². The van der Waals surface area contributed by atoms with Crippen LogP contribution in [0.2, 0.25) is 0 Å². The summed E-state index contributed by atoms with van der Waals surface area (Å²) in [5, 5.41) is 8.86. The van der Waals surface area contributed by atoms with Crippen LogP contribution in [0.3, 0.4) is 0 Å². The predicted octanol–water partition coefficient (Wildman–Crippen LogP) is 4.86. The second-order valence-electron chi connectivity index (χ2n) is 9.11. The smallest absolute Gasteiger partial charge is 0.248 e. The fourth-order valence-corrected chi connectivity index (χ4v) is 7.07. The van der Waals surface area contributed by atoms with Crippen LogP contribution in [-0.2, 0) is 21.4 Å². The van der Waals surface area contributed by atoms with Gasteiger partial charge in [-0.1, -0.05) is 35.0 Å². The summed E-state index contributed by atoms with van der Waals surface area (Å²) < 4.78 is 34.1. The molecule has 1 atom stereocenters. The molecule has 2 aromatic heterocycles. The molecule has 9 heteroatoms. The van der Waals surface area contributed by atoms with Gasteiger partial charge in [-0.3, -0.25) is 4.79 Å². The molecule has 35 heavy (non-hydrogen) atoms. The van der Waals surface area contributed by atoms with Gasteiger partial charge in [-0.2, -0.15) is 4.31 Å². The highest BCUT2D eigenvalue weighted by molar-refractivity contribution is 7.89. The number of carbonyl (C=O) groups is 1. The van der Waals surface area contributed by atoms with Crippen molar-refractivity contribution < 1.29 is 17.7 Å². The van der Waals surface area contributed by atoms with Crippen molar-refractivity contribution in [2.75, 3.05) is 13.1 Å². The van der Waals surface area contributed by atoms with E-state index in [0.29, 0.717) is 31.6 Å². The fourth-order valence-electron chi connectivity index (χ4n) is 4.65. The SMILES string of the molecule is Cc1cc(C)c(/C=C/c2onc(C)c2S(=O)(=O)N2CCC[C@H](C(=O)NCc3cccs3)C2)c(C)c1. The number of hydrogen-bond donors (Lipinski definition) is 1. The minimum atomic E-state index is -3.89. The molecule has 0 spiro atoms. The highest BCUT2D eigenvalue weighted by atomic mass is 32.2. The zero-order valence-electron chi connectivity index (χ0n) is 20.5. The van der Waals surface area contributed by atoms with Gasteiger partial charge in [0, 0.05) is 18.0 Å². The topological polar surface area (TPSA) is 92.5 Å². The van der Waals surface area contributed by atoms with E-state index in [1.165, 1.54) is 9.87 Å². The van der Waals surface area contributed by atoms with Gasteiger partial charge in [-0.25, -0.2) is 8.42 Å². The third-order valence-electron chi connectivity index (χ3n) is 6.34. The Balaban J connectivity index is 1.54. The van der Waals surface area contributed by atoms with Crippen LogP contribution in [0.5, 0.6) is 0 Å². The number of thiophene rings is 1. The predicted molar refractivity (Wildman–Crippen MR) is 138 cm³/mol. The van der Waals surface area contributed by atoms with E-state index in [4.69, 9.17) is 4.52 Å². The first-order chi connectivity index (χ1) is 16.7. The first kappa shape index (κ1) is 25.3. The number of nitrogens with zero attached hydrogens (tertiary/aromatic N) is 2. The number of sulfonamides is 1. The summed E-state index contributed by atoms with van der Waals surface area (Å²) in [5.74, 6) is -0.313. The molecule has 1 aliphatic heterocycles. The van der Waals surface area contributed by atoms with Crippen LogP contribution >= 0.6 is 11.3 Å². The molecule has 1 aliphatic rings. The van der Waals surface area contributed by atoms with Crippen molar-refractivity contribution in [1.29, 1.82) is 0 Å². The van der Waals surface area contributed by atoms with Crippen molar-refractivity contribution in [2.45, 2.75) is 52.0 Å². The molecule has 1 N–H and O–H groups in total. The quantitative estimate of drug-likeness (QED) is 0.487. The van der Waals surface area contributed by atoms with Crippen LogP contribution < -0.4 is 5.32 Å². The zero-order valence-corrected chi connectivity index (χ0v) is 22.1. The molecule has 0 saturated carbocycles. The van der Waals surface area contributed by atoms with Crippen LogP contribution in [0.1, 0.15) is 51.4 Å². The van der Waals surface area contributed by atoms with Crippen LogP contribution in [0.4, 0.5) is 0 Å². The highest BCUT2D eigenvalue weighted by Crippen LogP contribution is 2.30. The second kappa shape index (κ2) is 10.5. The van der Waals surface area contributed by atoms with E-state index in [0.717, 1.165) is 21.6 Å². The van der Waals surface area contributed by atoms with E-state index < -0.39 is 15.9 Å². The number of rotatable bonds is 7. The van der Waals surface area contributed by atoms with Gasteiger partial charge >= 0.3 is 0 Å². The molecule has 1 aromatic carbocycles. The van der Waals surface area contributed by atoms with E-state index in [1.807, 2.05) is 44.4 Å². The van der Waals surface area contributed by atoms with Crippen LogP contribution in [0.15, 0.2) is 39.1 Å². The van der Waals surface area contributed by atoms with Gasteiger partial charge < -0.3 is 9.84 Å². The van der Waals surface area contributed by atoms with Crippen molar-refractivity contribution in [2.24, 2.45) is 5.92 Å². The van der Waals surface area contributed by atoms with E-state index in [9.17, 15) is 13.2 Å². The van der Waals surface area contributed by atoms with E-state index in [1.54, 1.807) is 24.3 Å². The summed E-state index contributed by atoms with van der Waals surface area (Å²) >= 11 is 1.58. The summed E-state index contributed by atoms with van der Waals surface area (Å²) in [5.41, 5.74) is 4.72. The molecule has 4 rings (SSSR count). The van der Waals surface area contributed by atoms with Crippen LogP contribution in [0, 0.1) is 33.6 Å². The van der Waals surface area contributed by atoms with E-state index in [-0.39, 0.29) is 23.1 Å². The van der Waals surface area contributed by atoms with Gasteiger partial charge in [0.25, 0.3) is 0 Å². The number of aromatic nitrogens is 1. The monoisotopic (exact) mass is 513 g/mol. The Kier molecular flexibility index (Phi) is 7.59. The van der Waals surface area contributed by atoms with Gasteiger partial charge in [0.1, 0.15) is 5.69 Å². The molecule has 7 nitrogen and oxygen atoms in total. The fraction of sp³-hybridized carbons (Fsp3) is 0.385. The number of aryl methyl sites for hydroxylation is 4. The third kappa shape index (κ3) is 5.58. The third-order valence-corrected chi connectivity index (χ3v) is 9.24. The normalized spacial score (nSPS) is 17.2. The molecule has 0 aliphatic carbocycles. The van der Waals surface area contributed by atoms with Crippen molar-refractivity contribution in [3.05, 3.63) is 68.2 Å². The average molecular weight is 514 g/mol. The minimum absolute atomic E-state index is 0.0656. The molecular formula is C26H31N3O4S2. The molecule has 0 unspecified atom stereocenters. The van der Waals surface area contributed by atoms with Crippen molar-refractivity contribution in [3.63, 3.8) is 0 Å². The van der Waals surface area contributed by atoms with Crippen molar-refractivity contribution in [3.8, 4) is 0 Å². The molecule has 1 saturated heterocycles. The molecular weight excluding hydrogens is 482 g/mol. The maximum atomic E-state index is 13.7. The van der Waals surface area contributed by atoms with Gasteiger partial charge in [0.2, 0.25) is 15.9 Å². The summed E-state index contributed by atoms with van der Waals surface area (Å²) in [7, 11) is -3.89. The lowest BCUT2D eigenvalue weighted by Gasteiger charge is -2.31. The Hall–Kier alpha value is -2.75. The lowest BCUT2D eigenvalue weighted by molar-refractivity contribution is -0.126. The molecule has 0 radical (unpaired) electrons. The molecule has 3 aromatic rings. The summed E-state index contributed by atoms with van der Waals surface area (Å²) in [6.07, 6.45) is 4.82. The van der Waals surface area contributed by atoms with E-state index in [2.05, 4.69) is 22.6 Å². The molecule has 3 heterocycles. The number of amides is 1. The highest BCUT2D eigenvalue weighted by Gasteiger charge is 2.36. The number of nitrogens with one attached hydrogen (secondary N) is 1. The number of piperidine rings is 1. The second-order valence-corrected chi connectivity index (χ2v) is 12.0. The number of hydrogen-bond acceptors (Lipinski definition) is 6. The number of benzene rings is 1. The van der Waals surface area contributed by atoms with Crippen LogP contribution in [0.25, 0.3) is 12.2 Å². The average Bonchev–Trinajstić information content (AvgIpc) is 3.46. The maximum absolute atomic E-state index is 13.7. The molecule has 186 valence electrons. The Morgan fingerprint density at radius 2 is 1.97 bits per heavy atom. The first-order valence-electron chi connectivity index (χ1n) is 11.7. The summed E-state index contributed by atoms with van der Waals surface area (Å²) in [6, 6.07) is 8.09. The lowest BCUT2D eigenvalue weighted by atomic mass is 9.99. The summed E-state index contributed by atoms with van der Waals surface area (Å²) in [6.45, 7) is 8.69. The summed E-state index contributed by atoms with van der Waals surface area (Å²) in [4.78, 5) is 13.9. The maximum Gasteiger partial charge on any atom is 0.248 e. The Morgan fingerprint density at radius 3 is 2.66 bits per heavy atom. The number of carbonyl (C=O) groups excluding carboxylic acids is 1. The van der Waals surface area contributed by atoms with Crippen molar-refractivity contribution >= 4 is 39.4 Å². The molecule has 1 fully saturated rings. The Bertz CT molecular complexity index is 1320. The van der Waals surface area contributed by atoms with Gasteiger partial charge in [-0.15, -0.1) is 11.3 Å². The lowest BCUT2D eigenvalue weighted by Crippen LogP contribution is -2.45. The minimum Gasteiger partial charge on any atom is -0.355 e. The van der Waals surface area contributed by atoms with Gasteiger partial charge in [0.05, 0.1) is 12.5 Å². The first-order valence-corrected chi connectivity index (χ1v) is 14.0. The van der Waals surface area contributed by atoms with Crippen LogP contribution in [-0.4, -0.2) is 36.9 Å². The standard InChI is InChI=1S/C26H31N3O4S2/c1-17-13-18(2)23(19(3)14-17)9-10-24-25(20(4)28-33-24)35(31,32)29-11-5-7-21(16-29)26(30)27-15-22-8-6-12-34-22/h6,8-10,12-14,21H,5,7,11,15-16H2,1-4H3,(H,27,30)/b10-9+/t21-/m0/s1. The van der Waals surface area contributed by atoms with Crippen molar-refractivity contribution in [1.82, 2.24) is 14.8 Å². The Morgan fingerprint density at radius 1 is 1.23 bits per heavy atom. The van der Waals surface area contributed by atoms with Gasteiger partial charge in [-0.05, 0) is 74.7 Å². The largest absolute Gasteiger partial charge is 0.355 e.